The Morgan fingerprint density at radius 3 is 1.86 bits per heavy atom. The van der Waals surface area contributed by atoms with Gasteiger partial charge in [0.25, 0.3) is 0 Å². The highest BCUT2D eigenvalue weighted by Crippen LogP contribution is 2.46. The van der Waals surface area contributed by atoms with Crippen molar-refractivity contribution in [3.05, 3.63) is 106 Å². The smallest absolute Gasteiger partial charge is 0.0402 e. The fourth-order valence-electron chi connectivity index (χ4n) is 3.94. The minimum Gasteiger partial charge on any atom is -0.0622 e. The first kappa shape index (κ1) is 17.7. The number of hydrogen-bond acceptors (Lipinski definition) is 0. The molecule has 134 valence electrons. The monoisotopic (exact) mass is 486 g/mol. The van der Waals surface area contributed by atoms with E-state index >= 15 is 0 Å². The maximum Gasteiger partial charge on any atom is 0.0402 e. The molecule has 0 amide bonds. The van der Waals surface area contributed by atoms with Crippen molar-refractivity contribution in [2.24, 2.45) is 0 Å². The van der Waals surface area contributed by atoms with Crippen LogP contribution in [0.4, 0.5) is 0 Å². The van der Waals surface area contributed by atoms with Crippen molar-refractivity contribution in [2.45, 2.75) is 0 Å². The van der Waals surface area contributed by atoms with Crippen molar-refractivity contribution in [3.63, 3.8) is 0 Å². The van der Waals surface area contributed by atoms with Gasteiger partial charge in [-0.1, -0.05) is 84.9 Å². The third-order valence-electron chi connectivity index (χ3n) is 5.19. The molecule has 0 spiro atoms. The molecule has 0 bridgehead atoms. The minimum atomic E-state index is 1.06. The van der Waals surface area contributed by atoms with Crippen molar-refractivity contribution < 1.29 is 0 Å². The van der Waals surface area contributed by atoms with Gasteiger partial charge in [0.2, 0.25) is 0 Å². The summed E-state index contributed by atoms with van der Waals surface area (Å²) in [4.78, 5) is 0. The molecule has 2 heteroatoms. The van der Waals surface area contributed by atoms with E-state index in [0.29, 0.717) is 0 Å². The molecule has 5 aromatic carbocycles. The molecule has 0 aliphatic carbocycles. The minimum absolute atomic E-state index is 1.06. The number of fused-ring (bicyclic) bond motifs is 2. The van der Waals surface area contributed by atoms with Crippen LogP contribution in [-0.4, -0.2) is 0 Å². The molecule has 0 N–H and O–H groups in total. The Bertz CT molecular complexity index is 1310. The third-order valence-corrected chi connectivity index (χ3v) is 7.17. The van der Waals surface area contributed by atoms with Gasteiger partial charge in [-0.25, -0.2) is 0 Å². The molecule has 28 heavy (non-hydrogen) atoms. The molecule has 0 fully saturated rings. The van der Waals surface area contributed by atoms with Crippen LogP contribution in [0.5, 0.6) is 0 Å². The van der Waals surface area contributed by atoms with Crippen LogP contribution in [0.2, 0.25) is 0 Å². The molecule has 0 radical (unpaired) electrons. The molecular weight excluding hydrogens is 472 g/mol. The Hall–Kier alpha value is -2.42. The number of rotatable bonds is 2. The summed E-state index contributed by atoms with van der Waals surface area (Å²) >= 11 is 7.66. The number of hydrogen-bond donors (Lipinski definition) is 0. The van der Waals surface area contributed by atoms with E-state index in [4.69, 9.17) is 0 Å². The second-order valence-electron chi connectivity index (χ2n) is 6.85. The van der Waals surface area contributed by atoms with E-state index in [9.17, 15) is 0 Å². The topological polar surface area (TPSA) is 0 Å². The number of halogens is 2. The standard InChI is InChI=1S/C26H16Br2/c27-23-16-21(17-9-3-1-4-10-17)22-15-19-13-7-8-14-20(19)24(25(22)26(23)28)18-11-5-2-6-12-18/h1-16H. The zero-order valence-corrected chi connectivity index (χ0v) is 18.2. The summed E-state index contributed by atoms with van der Waals surface area (Å²) in [5.41, 5.74) is 4.93. The van der Waals surface area contributed by atoms with Crippen molar-refractivity contribution in [2.75, 3.05) is 0 Å². The van der Waals surface area contributed by atoms with E-state index in [1.165, 1.54) is 43.8 Å². The lowest BCUT2D eigenvalue weighted by atomic mass is 9.89. The van der Waals surface area contributed by atoms with Gasteiger partial charge < -0.3 is 0 Å². The van der Waals surface area contributed by atoms with Crippen LogP contribution < -0.4 is 0 Å². The van der Waals surface area contributed by atoms with Crippen LogP contribution in [0.1, 0.15) is 0 Å². The summed E-state index contributed by atoms with van der Waals surface area (Å²) in [6, 6.07) is 34.4. The largest absolute Gasteiger partial charge is 0.0622 e. The molecule has 0 unspecified atom stereocenters. The highest BCUT2D eigenvalue weighted by atomic mass is 79.9. The van der Waals surface area contributed by atoms with Crippen molar-refractivity contribution in [3.8, 4) is 22.3 Å². The molecule has 5 rings (SSSR count). The molecule has 0 aliphatic heterocycles. The lowest BCUT2D eigenvalue weighted by Gasteiger charge is -2.17. The maximum atomic E-state index is 3.87. The van der Waals surface area contributed by atoms with E-state index in [0.717, 1.165) is 8.95 Å². The summed E-state index contributed by atoms with van der Waals surface area (Å²) < 4.78 is 2.15. The second kappa shape index (κ2) is 7.20. The second-order valence-corrected chi connectivity index (χ2v) is 8.49. The normalized spacial score (nSPS) is 11.2. The van der Waals surface area contributed by atoms with Gasteiger partial charge in [-0.15, -0.1) is 0 Å². The van der Waals surface area contributed by atoms with Gasteiger partial charge in [0.1, 0.15) is 0 Å². The molecule has 0 aromatic heterocycles. The van der Waals surface area contributed by atoms with Gasteiger partial charge in [-0.3, -0.25) is 0 Å². The van der Waals surface area contributed by atoms with Crippen LogP contribution >= 0.6 is 31.9 Å². The summed E-state index contributed by atoms with van der Waals surface area (Å²) in [5.74, 6) is 0. The van der Waals surface area contributed by atoms with Gasteiger partial charge in [0.05, 0.1) is 0 Å². The zero-order valence-electron chi connectivity index (χ0n) is 15.0. The SMILES string of the molecule is Brc1cc(-c2ccccc2)c2cc3ccccc3c(-c3ccccc3)c2c1Br. The fraction of sp³-hybridized carbons (Fsp3) is 0. The molecule has 0 aliphatic rings. The predicted octanol–water partition coefficient (Wildman–Crippen LogP) is 8.85. The number of benzene rings is 5. The average molecular weight is 488 g/mol. The molecule has 0 nitrogen and oxygen atoms in total. The Morgan fingerprint density at radius 2 is 1.14 bits per heavy atom. The van der Waals surface area contributed by atoms with Crippen molar-refractivity contribution in [1.29, 1.82) is 0 Å². The van der Waals surface area contributed by atoms with Crippen molar-refractivity contribution >= 4 is 53.4 Å². The Morgan fingerprint density at radius 1 is 0.536 bits per heavy atom. The third kappa shape index (κ3) is 2.88. The van der Waals surface area contributed by atoms with Crippen LogP contribution in [0.15, 0.2) is 106 Å². The maximum absolute atomic E-state index is 3.87. The van der Waals surface area contributed by atoms with E-state index in [1.807, 2.05) is 0 Å². The summed E-state index contributed by atoms with van der Waals surface area (Å²) in [7, 11) is 0. The lowest BCUT2D eigenvalue weighted by molar-refractivity contribution is 1.60. The Kier molecular flexibility index (Phi) is 4.54. The summed E-state index contributed by atoms with van der Waals surface area (Å²) in [6.07, 6.45) is 0. The molecule has 0 heterocycles. The summed E-state index contributed by atoms with van der Waals surface area (Å²) in [5, 5.41) is 5.00. The van der Waals surface area contributed by atoms with E-state index < -0.39 is 0 Å². The first-order valence-electron chi connectivity index (χ1n) is 9.18. The van der Waals surface area contributed by atoms with E-state index in [-0.39, 0.29) is 0 Å². The molecule has 0 saturated carbocycles. The van der Waals surface area contributed by atoms with Crippen LogP contribution in [0.3, 0.4) is 0 Å². The zero-order chi connectivity index (χ0) is 19.1. The summed E-state index contributed by atoms with van der Waals surface area (Å²) in [6.45, 7) is 0. The van der Waals surface area contributed by atoms with Gasteiger partial charge >= 0.3 is 0 Å². The quantitative estimate of drug-likeness (QED) is 0.218. The first-order valence-corrected chi connectivity index (χ1v) is 10.8. The van der Waals surface area contributed by atoms with Gasteiger partial charge in [-0.2, -0.15) is 0 Å². The molecule has 0 atom stereocenters. The van der Waals surface area contributed by atoms with Crippen LogP contribution in [0.25, 0.3) is 43.8 Å². The van der Waals surface area contributed by atoms with Crippen LogP contribution in [0, 0.1) is 0 Å². The van der Waals surface area contributed by atoms with Gasteiger partial charge in [0, 0.05) is 14.3 Å². The van der Waals surface area contributed by atoms with Gasteiger partial charge in [-0.05, 0) is 82.4 Å². The van der Waals surface area contributed by atoms with Crippen molar-refractivity contribution in [1.82, 2.24) is 0 Å². The van der Waals surface area contributed by atoms with Crippen LogP contribution in [-0.2, 0) is 0 Å². The Balaban J connectivity index is 2.03. The molecule has 5 aromatic rings. The first-order chi connectivity index (χ1) is 13.7. The van der Waals surface area contributed by atoms with E-state index in [2.05, 4.69) is 129 Å². The van der Waals surface area contributed by atoms with E-state index in [1.54, 1.807) is 0 Å². The van der Waals surface area contributed by atoms with Gasteiger partial charge in [0.15, 0.2) is 0 Å². The highest BCUT2D eigenvalue weighted by molar-refractivity contribution is 9.13. The molecule has 0 saturated heterocycles. The fourth-order valence-corrected chi connectivity index (χ4v) is 4.89. The lowest BCUT2D eigenvalue weighted by Crippen LogP contribution is -1.90. The molecular formula is C26H16Br2. The Labute approximate surface area is 181 Å². The average Bonchev–Trinajstić information content (AvgIpc) is 2.76. The highest BCUT2D eigenvalue weighted by Gasteiger charge is 2.17. The predicted molar refractivity (Wildman–Crippen MR) is 128 cm³/mol.